The van der Waals surface area contributed by atoms with Crippen LogP contribution in [-0.4, -0.2) is 9.97 Å². The SMILES string of the molecule is Cc1cc2c(NCc3ccc(C#N)cc3)nc(N)nc2s1. The fraction of sp³-hybridized carbons (Fsp3) is 0.133. The van der Waals surface area contributed by atoms with Crippen LogP contribution in [0, 0.1) is 18.3 Å². The summed E-state index contributed by atoms with van der Waals surface area (Å²) in [5.74, 6) is 1.01. The van der Waals surface area contributed by atoms with E-state index in [4.69, 9.17) is 11.0 Å². The number of rotatable bonds is 3. The predicted octanol–water partition coefficient (Wildman–Crippen LogP) is 3.07. The first-order valence-electron chi connectivity index (χ1n) is 6.42. The number of nitrogens with one attached hydrogen (secondary N) is 1. The van der Waals surface area contributed by atoms with Gasteiger partial charge in [-0.2, -0.15) is 10.2 Å². The van der Waals surface area contributed by atoms with E-state index in [9.17, 15) is 0 Å². The van der Waals surface area contributed by atoms with E-state index in [2.05, 4.69) is 27.4 Å². The average Bonchev–Trinajstić information content (AvgIpc) is 2.85. The van der Waals surface area contributed by atoms with Crippen molar-refractivity contribution in [2.75, 3.05) is 11.1 Å². The van der Waals surface area contributed by atoms with Crippen molar-refractivity contribution in [3.05, 3.63) is 46.3 Å². The van der Waals surface area contributed by atoms with Gasteiger partial charge in [-0.15, -0.1) is 11.3 Å². The highest BCUT2D eigenvalue weighted by Crippen LogP contribution is 2.29. The van der Waals surface area contributed by atoms with E-state index < -0.39 is 0 Å². The Balaban J connectivity index is 1.85. The number of thiophene rings is 1. The van der Waals surface area contributed by atoms with E-state index in [0.717, 1.165) is 21.6 Å². The Bertz CT molecular complexity index is 830. The van der Waals surface area contributed by atoms with Crippen molar-refractivity contribution in [3.8, 4) is 6.07 Å². The maximum atomic E-state index is 8.79. The van der Waals surface area contributed by atoms with Crippen LogP contribution in [0.3, 0.4) is 0 Å². The largest absolute Gasteiger partial charge is 0.368 e. The number of hydrogen-bond donors (Lipinski definition) is 2. The van der Waals surface area contributed by atoms with Crippen LogP contribution in [-0.2, 0) is 6.54 Å². The molecule has 0 saturated carbocycles. The third kappa shape index (κ3) is 2.78. The van der Waals surface area contributed by atoms with E-state index in [1.54, 1.807) is 23.5 Å². The van der Waals surface area contributed by atoms with Crippen LogP contribution in [0.1, 0.15) is 16.0 Å². The Morgan fingerprint density at radius 2 is 2.05 bits per heavy atom. The first-order valence-corrected chi connectivity index (χ1v) is 7.24. The lowest BCUT2D eigenvalue weighted by Crippen LogP contribution is -2.04. The number of nitrogen functional groups attached to an aromatic ring is 1. The molecule has 3 rings (SSSR count). The van der Waals surface area contributed by atoms with Crippen LogP contribution in [0.2, 0.25) is 0 Å². The molecule has 104 valence electrons. The average molecular weight is 295 g/mol. The second-order valence-corrected chi connectivity index (χ2v) is 5.90. The summed E-state index contributed by atoms with van der Waals surface area (Å²) in [6, 6.07) is 11.6. The molecule has 2 heterocycles. The van der Waals surface area contributed by atoms with Crippen molar-refractivity contribution < 1.29 is 0 Å². The van der Waals surface area contributed by atoms with Gasteiger partial charge in [-0.05, 0) is 30.7 Å². The molecule has 0 radical (unpaired) electrons. The minimum Gasteiger partial charge on any atom is -0.368 e. The molecule has 2 aromatic heterocycles. The molecule has 3 aromatic rings. The number of aromatic nitrogens is 2. The molecule has 6 heteroatoms. The van der Waals surface area contributed by atoms with Gasteiger partial charge in [-0.1, -0.05) is 12.1 Å². The lowest BCUT2D eigenvalue weighted by Gasteiger charge is -2.07. The molecule has 5 nitrogen and oxygen atoms in total. The Morgan fingerprint density at radius 1 is 1.29 bits per heavy atom. The third-order valence-electron chi connectivity index (χ3n) is 3.08. The number of hydrogen-bond acceptors (Lipinski definition) is 6. The van der Waals surface area contributed by atoms with Gasteiger partial charge in [0.25, 0.3) is 0 Å². The summed E-state index contributed by atoms with van der Waals surface area (Å²) in [5.41, 5.74) is 7.48. The van der Waals surface area contributed by atoms with Crippen LogP contribution in [0.15, 0.2) is 30.3 Å². The monoisotopic (exact) mass is 295 g/mol. The fourth-order valence-corrected chi connectivity index (χ4v) is 2.96. The highest BCUT2D eigenvalue weighted by molar-refractivity contribution is 7.18. The number of fused-ring (bicyclic) bond motifs is 1. The molecule has 0 spiro atoms. The topological polar surface area (TPSA) is 87.6 Å². The minimum atomic E-state index is 0.270. The lowest BCUT2D eigenvalue weighted by molar-refractivity contribution is 1.11. The molecular weight excluding hydrogens is 282 g/mol. The van der Waals surface area contributed by atoms with E-state index in [-0.39, 0.29) is 5.95 Å². The summed E-state index contributed by atoms with van der Waals surface area (Å²) < 4.78 is 0. The highest BCUT2D eigenvalue weighted by Gasteiger charge is 2.09. The van der Waals surface area contributed by atoms with Gasteiger partial charge in [-0.25, -0.2) is 4.98 Å². The van der Waals surface area contributed by atoms with E-state index in [0.29, 0.717) is 12.1 Å². The zero-order chi connectivity index (χ0) is 14.8. The molecule has 0 saturated heterocycles. The van der Waals surface area contributed by atoms with Crippen molar-refractivity contribution in [3.63, 3.8) is 0 Å². The standard InChI is InChI=1S/C15H13N5S/c1-9-6-12-13(19-15(17)20-14(12)21-9)18-8-11-4-2-10(7-16)3-5-11/h2-6H,8H2,1H3,(H3,17,18,19,20). The van der Waals surface area contributed by atoms with Crippen molar-refractivity contribution in [1.82, 2.24) is 9.97 Å². The van der Waals surface area contributed by atoms with Gasteiger partial charge in [-0.3, -0.25) is 0 Å². The zero-order valence-corrected chi connectivity index (χ0v) is 12.2. The van der Waals surface area contributed by atoms with E-state index in [1.807, 2.05) is 19.1 Å². The Kier molecular flexibility index (Phi) is 3.42. The van der Waals surface area contributed by atoms with E-state index >= 15 is 0 Å². The molecule has 0 unspecified atom stereocenters. The number of nitrogens with zero attached hydrogens (tertiary/aromatic N) is 3. The maximum absolute atomic E-state index is 8.79. The number of nitriles is 1. The molecule has 3 N–H and O–H groups in total. The summed E-state index contributed by atoms with van der Waals surface area (Å²) in [4.78, 5) is 10.6. The van der Waals surface area contributed by atoms with Crippen molar-refractivity contribution in [2.45, 2.75) is 13.5 Å². The number of aryl methyl sites for hydroxylation is 1. The molecule has 0 fully saturated rings. The second kappa shape index (κ2) is 5.38. The smallest absolute Gasteiger partial charge is 0.223 e. The summed E-state index contributed by atoms with van der Waals surface area (Å²) in [6.45, 7) is 2.65. The van der Waals surface area contributed by atoms with E-state index in [1.165, 1.54) is 4.88 Å². The number of benzene rings is 1. The Hall–Kier alpha value is -2.65. The maximum Gasteiger partial charge on any atom is 0.223 e. The molecule has 0 atom stereocenters. The first-order chi connectivity index (χ1) is 10.2. The van der Waals surface area contributed by atoms with Crippen LogP contribution >= 0.6 is 11.3 Å². The van der Waals surface area contributed by atoms with Gasteiger partial charge < -0.3 is 11.1 Å². The first kappa shape index (κ1) is 13.3. The van der Waals surface area contributed by atoms with Gasteiger partial charge in [0.15, 0.2) is 0 Å². The molecule has 0 aliphatic carbocycles. The Labute approximate surface area is 126 Å². The molecule has 0 aliphatic heterocycles. The van der Waals surface area contributed by atoms with Crippen LogP contribution in [0.25, 0.3) is 10.2 Å². The summed E-state index contributed by atoms with van der Waals surface area (Å²) >= 11 is 1.60. The third-order valence-corrected chi connectivity index (χ3v) is 4.02. The predicted molar refractivity (Wildman–Crippen MR) is 85.0 cm³/mol. The Morgan fingerprint density at radius 3 is 2.76 bits per heavy atom. The van der Waals surface area contributed by atoms with Crippen LogP contribution in [0.4, 0.5) is 11.8 Å². The van der Waals surface area contributed by atoms with Gasteiger partial charge >= 0.3 is 0 Å². The van der Waals surface area contributed by atoms with Gasteiger partial charge in [0.2, 0.25) is 5.95 Å². The molecule has 21 heavy (non-hydrogen) atoms. The second-order valence-electron chi connectivity index (χ2n) is 4.67. The van der Waals surface area contributed by atoms with Crippen LogP contribution in [0.5, 0.6) is 0 Å². The van der Waals surface area contributed by atoms with Gasteiger partial charge in [0.1, 0.15) is 10.6 Å². The van der Waals surface area contributed by atoms with Gasteiger partial charge in [0.05, 0.1) is 17.0 Å². The summed E-state index contributed by atoms with van der Waals surface area (Å²) in [7, 11) is 0. The number of anilines is 2. The molecular formula is C15H13N5S. The van der Waals surface area contributed by atoms with Crippen molar-refractivity contribution in [2.24, 2.45) is 0 Å². The zero-order valence-electron chi connectivity index (χ0n) is 11.4. The highest BCUT2D eigenvalue weighted by atomic mass is 32.1. The quantitative estimate of drug-likeness (QED) is 0.775. The van der Waals surface area contributed by atoms with Gasteiger partial charge in [0, 0.05) is 11.4 Å². The van der Waals surface area contributed by atoms with Crippen LogP contribution < -0.4 is 11.1 Å². The molecule has 0 aliphatic rings. The summed E-state index contributed by atoms with van der Waals surface area (Å²) in [6.07, 6.45) is 0. The molecule has 0 amide bonds. The molecule has 0 bridgehead atoms. The minimum absolute atomic E-state index is 0.270. The van der Waals surface area contributed by atoms with Crippen molar-refractivity contribution >= 4 is 33.3 Å². The summed E-state index contributed by atoms with van der Waals surface area (Å²) in [5, 5.41) is 13.1. The normalized spacial score (nSPS) is 10.5. The number of nitrogens with two attached hydrogens (primary N) is 1. The fourth-order valence-electron chi connectivity index (χ4n) is 2.08. The van der Waals surface area contributed by atoms with Crippen molar-refractivity contribution in [1.29, 1.82) is 5.26 Å². The lowest BCUT2D eigenvalue weighted by atomic mass is 10.1. The molecule has 1 aromatic carbocycles.